The van der Waals surface area contributed by atoms with E-state index in [4.69, 9.17) is 14.2 Å². The number of hydrogen-bond acceptors (Lipinski definition) is 5. The average Bonchev–Trinajstić information content (AvgIpc) is 3.14. The van der Waals surface area contributed by atoms with Gasteiger partial charge in [-0.3, -0.25) is 9.59 Å². The fourth-order valence-electron chi connectivity index (χ4n) is 2.68. The van der Waals surface area contributed by atoms with Gasteiger partial charge in [0.05, 0.1) is 13.5 Å². The highest BCUT2D eigenvalue weighted by Crippen LogP contribution is 2.32. The van der Waals surface area contributed by atoms with Crippen LogP contribution in [0.2, 0.25) is 0 Å². The number of benzene rings is 2. The minimum absolute atomic E-state index is 0.198. The highest BCUT2D eigenvalue weighted by molar-refractivity contribution is 5.88. The lowest BCUT2D eigenvalue weighted by Gasteiger charge is -2.14. The first-order valence-electron chi connectivity index (χ1n) is 8.63. The number of carbonyl (C=O) groups is 2. The van der Waals surface area contributed by atoms with Crippen molar-refractivity contribution in [2.45, 2.75) is 25.9 Å². The molecule has 142 valence electrons. The molecule has 27 heavy (non-hydrogen) atoms. The third-order valence-corrected chi connectivity index (χ3v) is 4.20. The van der Waals surface area contributed by atoms with Crippen LogP contribution >= 0.6 is 0 Å². The third kappa shape index (κ3) is 4.91. The van der Waals surface area contributed by atoms with Gasteiger partial charge >= 0.3 is 0 Å². The zero-order chi connectivity index (χ0) is 19.2. The minimum atomic E-state index is -0.634. The van der Waals surface area contributed by atoms with Crippen LogP contribution in [0.25, 0.3) is 0 Å². The van der Waals surface area contributed by atoms with Gasteiger partial charge in [0, 0.05) is 6.54 Å². The summed E-state index contributed by atoms with van der Waals surface area (Å²) in [5.74, 6) is 1.63. The van der Waals surface area contributed by atoms with E-state index in [-0.39, 0.29) is 25.0 Å². The molecule has 0 unspecified atom stereocenters. The van der Waals surface area contributed by atoms with Crippen LogP contribution in [0.3, 0.4) is 0 Å². The predicted molar refractivity (Wildman–Crippen MR) is 98.7 cm³/mol. The summed E-state index contributed by atoms with van der Waals surface area (Å²) < 4.78 is 15.7. The normalized spacial score (nSPS) is 13.0. The molecule has 1 atom stereocenters. The van der Waals surface area contributed by atoms with Crippen molar-refractivity contribution in [1.29, 1.82) is 0 Å². The molecule has 0 spiro atoms. The second-order valence-corrected chi connectivity index (χ2v) is 6.22. The number of amides is 2. The van der Waals surface area contributed by atoms with E-state index in [1.165, 1.54) is 0 Å². The van der Waals surface area contributed by atoms with E-state index >= 15 is 0 Å². The second-order valence-electron chi connectivity index (χ2n) is 6.22. The fraction of sp³-hybridized carbons (Fsp3) is 0.300. The molecule has 0 bridgehead atoms. The monoisotopic (exact) mass is 370 g/mol. The number of fused-ring (bicyclic) bond motifs is 1. The van der Waals surface area contributed by atoms with Crippen LogP contribution in [0.15, 0.2) is 42.5 Å². The molecule has 0 fully saturated rings. The van der Waals surface area contributed by atoms with Crippen molar-refractivity contribution in [3.8, 4) is 17.2 Å². The van der Waals surface area contributed by atoms with Gasteiger partial charge in [0.2, 0.25) is 18.6 Å². The van der Waals surface area contributed by atoms with Crippen molar-refractivity contribution < 1.29 is 23.8 Å². The van der Waals surface area contributed by atoms with E-state index in [0.717, 1.165) is 16.9 Å². The Bertz CT molecular complexity index is 820. The molecule has 1 aliphatic heterocycles. The van der Waals surface area contributed by atoms with Crippen LogP contribution in [-0.4, -0.2) is 31.8 Å². The molecular weight excluding hydrogens is 348 g/mol. The van der Waals surface area contributed by atoms with Gasteiger partial charge < -0.3 is 24.8 Å². The van der Waals surface area contributed by atoms with Crippen LogP contribution in [0, 0.1) is 0 Å². The van der Waals surface area contributed by atoms with Gasteiger partial charge in [-0.2, -0.15) is 0 Å². The summed E-state index contributed by atoms with van der Waals surface area (Å²) >= 11 is 0. The zero-order valence-electron chi connectivity index (χ0n) is 15.3. The number of nitrogens with one attached hydrogen (secondary N) is 2. The Morgan fingerprint density at radius 1 is 1.07 bits per heavy atom. The van der Waals surface area contributed by atoms with Crippen molar-refractivity contribution in [2.75, 3.05) is 13.9 Å². The van der Waals surface area contributed by atoms with Crippen LogP contribution < -0.4 is 24.8 Å². The lowest BCUT2D eigenvalue weighted by atomic mass is 10.1. The van der Waals surface area contributed by atoms with Crippen molar-refractivity contribution in [1.82, 2.24) is 10.6 Å². The van der Waals surface area contributed by atoms with E-state index in [0.29, 0.717) is 18.0 Å². The number of rotatable bonds is 7. The summed E-state index contributed by atoms with van der Waals surface area (Å²) in [4.78, 5) is 24.4. The second kappa shape index (κ2) is 8.44. The van der Waals surface area contributed by atoms with Gasteiger partial charge in [0.1, 0.15) is 11.8 Å². The number of ether oxygens (including phenoxy) is 3. The fourth-order valence-corrected chi connectivity index (χ4v) is 2.68. The van der Waals surface area contributed by atoms with E-state index in [2.05, 4.69) is 10.6 Å². The standard InChI is InChI=1S/C20H22N2O5/c1-13(22-19(23)10-14-3-6-16(25-2)7-4-14)20(24)21-11-15-5-8-17-18(9-15)27-12-26-17/h3-9,13H,10-12H2,1-2H3,(H,21,24)(H,22,23)/t13-/m0/s1. The first-order valence-corrected chi connectivity index (χ1v) is 8.63. The molecule has 3 rings (SSSR count). The summed E-state index contributed by atoms with van der Waals surface area (Å²) in [6.45, 7) is 2.21. The van der Waals surface area contributed by atoms with Crippen molar-refractivity contribution in [3.63, 3.8) is 0 Å². The Kier molecular flexibility index (Phi) is 5.80. The molecule has 0 aromatic heterocycles. The molecule has 1 heterocycles. The third-order valence-electron chi connectivity index (χ3n) is 4.20. The van der Waals surface area contributed by atoms with E-state index in [1.807, 2.05) is 30.3 Å². The maximum atomic E-state index is 12.2. The minimum Gasteiger partial charge on any atom is -0.497 e. The summed E-state index contributed by atoms with van der Waals surface area (Å²) in [7, 11) is 1.59. The smallest absolute Gasteiger partial charge is 0.242 e. The number of carbonyl (C=O) groups excluding carboxylic acids is 2. The highest BCUT2D eigenvalue weighted by atomic mass is 16.7. The van der Waals surface area contributed by atoms with Gasteiger partial charge in [-0.05, 0) is 42.3 Å². The molecule has 7 heteroatoms. The molecule has 2 aromatic rings. The van der Waals surface area contributed by atoms with Crippen LogP contribution in [0.4, 0.5) is 0 Å². The van der Waals surface area contributed by atoms with Gasteiger partial charge in [-0.25, -0.2) is 0 Å². The number of methoxy groups -OCH3 is 1. The molecule has 0 saturated carbocycles. The van der Waals surface area contributed by atoms with E-state index in [9.17, 15) is 9.59 Å². The Balaban J connectivity index is 1.46. The van der Waals surface area contributed by atoms with Gasteiger partial charge in [-0.1, -0.05) is 18.2 Å². The Morgan fingerprint density at radius 3 is 2.52 bits per heavy atom. The van der Waals surface area contributed by atoms with E-state index < -0.39 is 6.04 Å². The summed E-state index contributed by atoms with van der Waals surface area (Å²) in [6.07, 6.45) is 0.198. The predicted octanol–water partition coefficient (Wildman–Crippen LogP) is 1.79. The number of hydrogen-bond donors (Lipinski definition) is 2. The first-order chi connectivity index (χ1) is 13.0. The topological polar surface area (TPSA) is 85.9 Å². The van der Waals surface area contributed by atoms with Gasteiger partial charge in [0.15, 0.2) is 11.5 Å². The van der Waals surface area contributed by atoms with Crippen LogP contribution in [0.5, 0.6) is 17.2 Å². The largest absolute Gasteiger partial charge is 0.497 e. The highest BCUT2D eigenvalue weighted by Gasteiger charge is 2.17. The maximum Gasteiger partial charge on any atom is 0.242 e. The average molecular weight is 370 g/mol. The van der Waals surface area contributed by atoms with E-state index in [1.54, 1.807) is 26.2 Å². The molecule has 2 N–H and O–H groups in total. The van der Waals surface area contributed by atoms with Gasteiger partial charge in [0.25, 0.3) is 0 Å². The van der Waals surface area contributed by atoms with Crippen molar-refractivity contribution >= 4 is 11.8 Å². The van der Waals surface area contributed by atoms with Crippen molar-refractivity contribution in [3.05, 3.63) is 53.6 Å². The Hall–Kier alpha value is -3.22. The molecule has 7 nitrogen and oxygen atoms in total. The molecule has 2 amide bonds. The Morgan fingerprint density at radius 2 is 1.78 bits per heavy atom. The molecule has 0 saturated heterocycles. The first kappa shape index (κ1) is 18.6. The molecule has 0 radical (unpaired) electrons. The summed E-state index contributed by atoms with van der Waals surface area (Å²) in [6, 6.07) is 12.1. The quantitative estimate of drug-likeness (QED) is 0.776. The maximum absolute atomic E-state index is 12.2. The van der Waals surface area contributed by atoms with Crippen LogP contribution in [-0.2, 0) is 22.6 Å². The molecular formula is C20H22N2O5. The summed E-state index contributed by atoms with van der Waals surface area (Å²) in [5, 5.41) is 5.52. The molecule has 0 aliphatic carbocycles. The van der Waals surface area contributed by atoms with Gasteiger partial charge in [-0.15, -0.1) is 0 Å². The zero-order valence-corrected chi connectivity index (χ0v) is 15.3. The molecule has 1 aliphatic rings. The Labute approximate surface area is 157 Å². The molecule has 2 aromatic carbocycles. The van der Waals surface area contributed by atoms with Crippen LogP contribution in [0.1, 0.15) is 18.1 Å². The lowest BCUT2D eigenvalue weighted by Crippen LogP contribution is -2.45. The SMILES string of the molecule is COc1ccc(CC(=O)N[C@@H](C)C(=O)NCc2ccc3c(c2)OCO3)cc1. The summed E-state index contributed by atoms with van der Waals surface area (Å²) in [5.41, 5.74) is 1.74. The lowest BCUT2D eigenvalue weighted by molar-refractivity contribution is -0.128. The van der Waals surface area contributed by atoms with Crippen molar-refractivity contribution in [2.24, 2.45) is 0 Å².